The summed E-state index contributed by atoms with van der Waals surface area (Å²) in [7, 11) is 3.10. The maximum Gasteiger partial charge on any atom is 0.205 e. The van der Waals surface area contributed by atoms with E-state index in [1.165, 1.54) is 12.5 Å². The van der Waals surface area contributed by atoms with Gasteiger partial charge in [-0.25, -0.2) is 0 Å². The summed E-state index contributed by atoms with van der Waals surface area (Å²) in [4.78, 5) is 12.5. The number of hydrogen-bond donors (Lipinski definition) is 1. The van der Waals surface area contributed by atoms with Crippen LogP contribution in [0, 0.1) is 5.92 Å². The van der Waals surface area contributed by atoms with E-state index >= 15 is 0 Å². The molecule has 0 spiro atoms. The molecule has 2 atom stereocenters. The first-order valence-electron chi connectivity index (χ1n) is 11.2. The van der Waals surface area contributed by atoms with Crippen LogP contribution in [0.5, 0.6) is 17.2 Å². The summed E-state index contributed by atoms with van der Waals surface area (Å²) in [6, 6.07) is 12.5. The van der Waals surface area contributed by atoms with Crippen molar-refractivity contribution in [3.05, 3.63) is 53.8 Å². The van der Waals surface area contributed by atoms with E-state index in [0.29, 0.717) is 52.2 Å². The molecule has 1 fully saturated rings. The van der Waals surface area contributed by atoms with Gasteiger partial charge in [0.25, 0.3) is 0 Å². The summed E-state index contributed by atoms with van der Waals surface area (Å²) in [5.74, 6) is 2.24. The van der Waals surface area contributed by atoms with E-state index in [0.717, 1.165) is 32.4 Å². The number of carbonyl (C=O) groups excluding carboxylic acids is 1. The highest BCUT2D eigenvalue weighted by Gasteiger charge is 2.28. The van der Waals surface area contributed by atoms with Crippen molar-refractivity contribution in [2.45, 2.75) is 32.1 Å². The van der Waals surface area contributed by atoms with Crippen LogP contribution < -0.4 is 19.5 Å². The zero-order valence-electron chi connectivity index (χ0n) is 19.0. The average Bonchev–Trinajstić information content (AvgIpc) is 3.31. The number of ketones is 1. The van der Waals surface area contributed by atoms with Crippen LogP contribution in [-0.2, 0) is 0 Å². The fraction of sp³-hybridized carbons (Fsp3) is 0.423. The predicted octanol–water partition coefficient (Wildman–Crippen LogP) is 5.20. The normalized spacial score (nSPS) is 18.5. The fourth-order valence-corrected chi connectivity index (χ4v) is 4.86. The van der Waals surface area contributed by atoms with Crippen molar-refractivity contribution in [2.24, 2.45) is 5.92 Å². The maximum atomic E-state index is 12.5. The van der Waals surface area contributed by atoms with Crippen LogP contribution in [0.3, 0.4) is 0 Å². The summed E-state index contributed by atoms with van der Waals surface area (Å²) in [5.41, 5.74) is 2.32. The average molecular weight is 438 g/mol. The number of methoxy groups -OCH3 is 2. The van der Waals surface area contributed by atoms with Gasteiger partial charge in [-0.1, -0.05) is 30.3 Å². The summed E-state index contributed by atoms with van der Waals surface area (Å²) < 4.78 is 22.9. The third kappa shape index (κ3) is 4.32. The Bertz CT molecular complexity index is 1060. The molecule has 0 amide bonds. The molecule has 0 radical (unpaired) electrons. The van der Waals surface area contributed by atoms with Crippen LogP contribution in [0.4, 0.5) is 0 Å². The van der Waals surface area contributed by atoms with Gasteiger partial charge in [0.15, 0.2) is 17.1 Å². The lowest BCUT2D eigenvalue weighted by Gasteiger charge is -2.32. The highest BCUT2D eigenvalue weighted by molar-refractivity contribution is 6.08. The minimum atomic E-state index is -0.140. The van der Waals surface area contributed by atoms with Gasteiger partial charge in [-0.3, -0.25) is 4.79 Å². The Balaban J connectivity index is 1.51. The van der Waals surface area contributed by atoms with Gasteiger partial charge in [-0.15, -0.1) is 0 Å². The first-order valence-corrected chi connectivity index (χ1v) is 11.2. The number of nitrogens with one attached hydrogen (secondary N) is 1. The molecule has 3 aromatic rings. The molecule has 0 saturated carbocycles. The summed E-state index contributed by atoms with van der Waals surface area (Å²) in [6.45, 7) is 4.04. The third-order valence-corrected chi connectivity index (χ3v) is 6.34. The van der Waals surface area contributed by atoms with Gasteiger partial charge in [0.2, 0.25) is 5.75 Å². The molecule has 32 heavy (non-hydrogen) atoms. The molecule has 170 valence electrons. The molecule has 1 aromatic heterocycles. The fourth-order valence-electron chi connectivity index (χ4n) is 4.86. The van der Waals surface area contributed by atoms with Crippen molar-refractivity contribution in [1.29, 1.82) is 0 Å². The van der Waals surface area contributed by atoms with E-state index in [4.69, 9.17) is 18.6 Å². The lowest BCUT2D eigenvalue weighted by atomic mass is 9.79. The largest absolute Gasteiger partial charge is 0.495 e. The first-order chi connectivity index (χ1) is 15.7. The van der Waals surface area contributed by atoms with Crippen molar-refractivity contribution in [3.8, 4) is 17.2 Å². The molecule has 1 N–H and O–H groups in total. The summed E-state index contributed by atoms with van der Waals surface area (Å²) in [6.07, 6.45) is 4.60. The predicted molar refractivity (Wildman–Crippen MR) is 124 cm³/mol. The smallest absolute Gasteiger partial charge is 0.205 e. The van der Waals surface area contributed by atoms with Crippen LogP contribution in [0.15, 0.2) is 47.1 Å². The topological polar surface area (TPSA) is 69.9 Å². The van der Waals surface area contributed by atoms with Crippen LogP contribution >= 0.6 is 0 Å². The Labute approximate surface area is 188 Å². The second-order valence-corrected chi connectivity index (χ2v) is 8.25. The van der Waals surface area contributed by atoms with Crippen LogP contribution in [0.25, 0.3) is 11.0 Å². The minimum Gasteiger partial charge on any atom is -0.495 e. The first kappa shape index (κ1) is 22.2. The third-order valence-electron chi connectivity index (χ3n) is 6.34. The van der Waals surface area contributed by atoms with Crippen molar-refractivity contribution in [3.63, 3.8) is 0 Å². The number of benzene rings is 2. The number of carbonyl (C=O) groups is 1. The van der Waals surface area contributed by atoms with Gasteiger partial charge in [0.1, 0.15) is 11.3 Å². The SMILES string of the molecule is COc1c(C(C)=O)c(OCCCC2CNCCC2c2ccccc2)c(OC)c2occc12. The van der Waals surface area contributed by atoms with Gasteiger partial charge >= 0.3 is 0 Å². The van der Waals surface area contributed by atoms with Crippen LogP contribution in [-0.4, -0.2) is 39.7 Å². The lowest BCUT2D eigenvalue weighted by Crippen LogP contribution is -2.35. The molecule has 4 rings (SSSR count). The molecule has 6 nitrogen and oxygen atoms in total. The van der Waals surface area contributed by atoms with Gasteiger partial charge in [-0.2, -0.15) is 0 Å². The Kier molecular flexibility index (Phi) is 7.00. The molecule has 1 aliphatic heterocycles. The maximum absolute atomic E-state index is 12.5. The number of Topliss-reactive ketones (excluding diaryl/α,β-unsaturated/α-hetero) is 1. The highest BCUT2D eigenvalue weighted by Crippen LogP contribution is 2.46. The molecule has 2 aromatic carbocycles. The standard InChI is InChI=1S/C26H31NO5/c1-17(28)22-23(29-2)21-12-15-32-24(21)26(30-3)25(22)31-14-7-10-19-16-27-13-11-20(19)18-8-5-4-6-9-18/h4-6,8-9,12,15,19-20,27H,7,10-11,13-14,16H2,1-3H3. The molecule has 2 unspecified atom stereocenters. The van der Waals surface area contributed by atoms with Crippen molar-refractivity contribution < 1.29 is 23.4 Å². The zero-order valence-corrected chi connectivity index (χ0v) is 19.0. The lowest BCUT2D eigenvalue weighted by molar-refractivity contribution is 0.101. The Morgan fingerprint density at radius 2 is 1.88 bits per heavy atom. The highest BCUT2D eigenvalue weighted by atomic mass is 16.5. The summed E-state index contributed by atoms with van der Waals surface area (Å²) in [5, 5.41) is 4.23. The van der Waals surface area contributed by atoms with Gasteiger partial charge in [-0.05, 0) is 62.7 Å². The van der Waals surface area contributed by atoms with E-state index in [2.05, 4.69) is 35.6 Å². The number of hydrogen-bond acceptors (Lipinski definition) is 6. The number of fused-ring (bicyclic) bond motifs is 1. The minimum absolute atomic E-state index is 0.140. The van der Waals surface area contributed by atoms with Crippen molar-refractivity contribution in [2.75, 3.05) is 33.9 Å². The van der Waals surface area contributed by atoms with Gasteiger partial charge in [0.05, 0.1) is 32.5 Å². The molecule has 1 saturated heterocycles. The Morgan fingerprint density at radius 3 is 2.59 bits per heavy atom. The number of piperidine rings is 1. The van der Waals surface area contributed by atoms with E-state index in [9.17, 15) is 4.79 Å². The molecule has 1 aliphatic rings. The molecular weight excluding hydrogens is 406 g/mol. The molecule has 6 heteroatoms. The Morgan fingerprint density at radius 1 is 1.09 bits per heavy atom. The van der Waals surface area contributed by atoms with Gasteiger partial charge in [0, 0.05) is 0 Å². The summed E-state index contributed by atoms with van der Waals surface area (Å²) >= 11 is 0. The second kappa shape index (κ2) is 10.1. The molecule has 0 bridgehead atoms. The van der Waals surface area contributed by atoms with E-state index < -0.39 is 0 Å². The zero-order chi connectivity index (χ0) is 22.5. The van der Waals surface area contributed by atoms with Crippen molar-refractivity contribution >= 4 is 16.8 Å². The number of ether oxygens (including phenoxy) is 3. The molecule has 2 heterocycles. The molecule has 0 aliphatic carbocycles. The van der Waals surface area contributed by atoms with E-state index in [1.807, 2.05) is 0 Å². The second-order valence-electron chi connectivity index (χ2n) is 8.25. The van der Waals surface area contributed by atoms with Crippen LogP contribution in [0.2, 0.25) is 0 Å². The Hall–Kier alpha value is -2.99. The monoisotopic (exact) mass is 437 g/mol. The van der Waals surface area contributed by atoms with Gasteiger partial charge < -0.3 is 23.9 Å². The van der Waals surface area contributed by atoms with Crippen LogP contribution in [0.1, 0.15) is 48.0 Å². The number of rotatable bonds is 9. The van der Waals surface area contributed by atoms with E-state index in [-0.39, 0.29) is 5.78 Å². The number of furan rings is 1. The van der Waals surface area contributed by atoms with Crippen molar-refractivity contribution in [1.82, 2.24) is 5.32 Å². The van der Waals surface area contributed by atoms with E-state index in [1.54, 1.807) is 26.5 Å². The molecular formula is C26H31NO5. The quantitative estimate of drug-likeness (QED) is 0.366.